The minimum absolute atomic E-state index is 0.274. The van der Waals surface area contributed by atoms with Crippen LogP contribution in [0.15, 0.2) is 65.7 Å². The van der Waals surface area contributed by atoms with Crippen molar-refractivity contribution in [1.29, 1.82) is 0 Å². The van der Waals surface area contributed by atoms with E-state index in [1.165, 1.54) is 11.1 Å². The fourth-order valence-corrected chi connectivity index (χ4v) is 3.01. The van der Waals surface area contributed by atoms with E-state index in [4.69, 9.17) is 4.99 Å². The summed E-state index contributed by atoms with van der Waals surface area (Å²) in [6.07, 6.45) is 0. The predicted octanol–water partition coefficient (Wildman–Crippen LogP) is 2.74. The Bertz CT molecular complexity index is 621. The molecule has 0 saturated carbocycles. The number of hydrogen-bond donors (Lipinski definition) is 1. The summed E-state index contributed by atoms with van der Waals surface area (Å²) in [7, 11) is 0. The highest BCUT2D eigenvalue weighted by Gasteiger charge is 2.34. The fourth-order valence-electron chi connectivity index (χ4n) is 3.01. The topological polar surface area (TPSA) is 27.6 Å². The van der Waals surface area contributed by atoms with Crippen LogP contribution in [0.1, 0.15) is 23.2 Å². The number of nitrogens with zero attached hydrogens (tertiary/aromatic N) is 2. The first kappa shape index (κ1) is 11.5. The lowest BCUT2D eigenvalue weighted by Gasteiger charge is -2.15. The minimum Gasteiger partial charge on any atom is -0.348 e. The molecule has 3 nitrogen and oxygen atoms in total. The number of rotatable bonds is 2. The Hall–Kier alpha value is -2.29. The van der Waals surface area contributed by atoms with Crippen molar-refractivity contribution in [1.82, 2.24) is 10.2 Å². The van der Waals surface area contributed by atoms with Gasteiger partial charge in [-0.2, -0.15) is 0 Å². The molecule has 0 unspecified atom stereocenters. The second-order valence-corrected chi connectivity index (χ2v) is 5.39. The van der Waals surface area contributed by atoms with Gasteiger partial charge in [-0.3, -0.25) is 0 Å². The van der Waals surface area contributed by atoms with Gasteiger partial charge >= 0.3 is 0 Å². The van der Waals surface area contributed by atoms with Gasteiger partial charge in [0.25, 0.3) is 0 Å². The van der Waals surface area contributed by atoms with Crippen LogP contribution in [0.25, 0.3) is 0 Å². The monoisotopic (exact) mass is 263 g/mol. The molecule has 2 heterocycles. The molecule has 0 radical (unpaired) electrons. The molecule has 0 aliphatic carbocycles. The van der Waals surface area contributed by atoms with E-state index < -0.39 is 0 Å². The lowest BCUT2D eigenvalue weighted by Crippen LogP contribution is -2.25. The van der Waals surface area contributed by atoms with E-state index >= 15 is 0 Å². The number of benzene rings is 2. The number of nitrogens with one attached hydrogen (secondary N) is 1. The van der Waals surface area contributed by atoms with Crippen LogP contribution in [0.2, 0.25) is 0 Å². The molecule has 2 aliphatic heterocycles. The van der Waals surface area contributed by atoms with Crippen molar-refractivity contribution in [2.75, 3.05) is 13.1 Å². The number of aliphatic imine (C=N–C) groups is 1. The van der Waals surface area contributed by atoms with Gasteiger partial charge in [0.05, 0.1) is 12.1 Å². The van der Waals surface area contributed by atoms with Gasteiger partial charge in [-0.05, 0) is 11.1 Å². The first-order chi connectivity index (χ1) is 9.90. The maximum atomic E-state index is 4.83. The van der Waals surface area contributed by atoms with Crippen LogP contribution in [0.3, 0.4) is 0 Å². The lowest BCUT2D eigenvalue weighted by molar-refractivity contribution is 0.433. The molecule has 0 spiro atoms. The average Bonchev–Trinajstić information content (AvgIpc) is 3.08. The summed E-state index contributed by atoms with van der Waals surface area (Å²) in [5.41, 5.74) is 2.63. The Labute approximate surface area is 119 Å². The number of guanidine groups is 1. The Kier molecular flexibility index (Phi) is 2.69. The third kappa shape index (κ3) is 1.95. The molecule has 3 heteroatoms. The summed E-state index contributed by atoms with van der Waals surface area (Å²) < 4.78 is 0. The van der Waals surface area contributed by atoms with Gasteiger partial charge in [-0.25, -0.2) is 4.99 Å². The van der Waals surface area contributed by atoms with E-state index in [9.17, 15) is 0 Å². The molecule has 100 valence electrons. The first-order valence-corrected chi connectivity index (χ1v) is 7.09. The van der Waals surface area contributed by atoms with E-state index in [1.54, 1.807) is 0 Å². The van der Waals surface area contributed by atoms with Gasteiger partial charge < -0.3 is 10.2 Å². The number of fused-ring (bicyclic) bond motifs is 1. The largest absolute Gasteiger partial charge is 0.348 e. The Morgan fingerprint density at radius 2 is 1.50 bits per heavy atom. The third-order valence-corrected chi connectivity index (χ3v) is 4.06. The average molecular weight is 263 g/mol. The molecule has 2 atom stereocenters. The summed E-state index contributed by atoms with van der Waals surface area (Å²) in [6, 6.07) is 21.8. The zero-order valence-corrected chi connectivity index (χ0v) is 11.2. The molecular formula is C17H17N3. The Balaban J connectivity index is 1.53. The van der Waals surface area contributed by atoms with Crippen LogP contribution in [0, 0.1) is 0 Å². The molecule has 0 amide bonds. The molecule has 4 rings (SSSR count). The van der Waals surface area contributed by atoms with Crippen molar-refractivity contribution in [3.8, 4) is 0 Å². The van der Waals surface area contributed by atoms with Gasteiger partial charge in [0.15, 0.2) is 5.96 Å². The van der Waals surface area contributed by atoms with Gasteiger partial charge in [-0.1, -0.05) is 60.7 Å². The standard InChI is InChI=1S/C17H17N3/c1-3-7-13(8-4-1)15-11-20-12-16(19-17(20)18-15)14-9-5-2-6-10-14/h1-10,15-16H,11-12H2,(H,18,19)/t15-,16-/m1/s1. The van der Waals surface area contributed by atoms with Crippen LogP contribution in [-0.4, -0.2) is 23.9 Å². The van der Waals surface area contributed by atoms with E-state index in [0.717, 1.165) is 19.0 Å². The van der Waals surface area contributed by atoms with Crippen molar-refractivity contribution >= 4 is 5.96 Å². The summed E-state index contributed by atoms with van der Waals surface area (Å²) in [6.45, 7) is 1.99. The van der Waals surface area contributed by atoms with Crippen molar-refractivity contribution in [3.63, 3.8) is 0 Å². The van der Waals surface area contributed by atoms with Gasteiger partial charge in [0.2, 0.25) is 0 Å². The highest BCUT2D eigenvalue weighted by atomic mass is 15.4. The molecule has 1 saturated heterocycles. The van der Waals surface area contributed by atoms with Gasteiger partial charge in [0.1, 0.15) is 0 Å². The van der Waals surface area contributed by atoms with Crippen LogP contribution >= 0.6 is 0 Å². The molecule has 0 bridgehead atoms. The molecule has 1 fully saturated rings. The van der Waals surface area contributed by atoms with Crippen molar-refractivity contribution in [2.24, 2.45) is 4.99 Å². The zero-order chi connectivity index (χ0) is 13.4. The summed E-state index contributed by atoms with van der Waals surface area (Å²) >= 11 is 0. The van der Waals surface area contributed by atoms with E-state index in [-0.39, 0.29) is 6.04 Å². The first-order valence-electron chi connectivity index (χ1n) is 7.09. The van der Waals surface area contributed by atoms with Crippen molar-refractivity contribution in [2.45, 2.75) is 12.1 Å². The van der Waals surface area contributed by atoms with Crippen molar-refractivity contribution in [3.05, 3.63) is 71.8 Å². The molecule has 2 aromatic carbocycles. The summed E-state index contributed by atoms with van der Waals surface area (Å²) in [4.78, 5) is 7.18. The van der Waals surface area contributed by atoms with Crippen molar-refractivity contribution < 1.29 is 0 Å². The molecule has 0 aromatic heterocycles. The van der Waals surface area contributed by atoms with Gasteiger partial charge in [0, 0.05) is 13.1 Å². The quantitative estimate of drug-likeness (QED) is 0.902. The summed E-state index contributed by atoms with van der Waals surface area (Å²) in [5.74, 6) is 1.05. The maximum absolute atomic E-state index is 4.83. The van der Waals surface area contributed by atoms with E-state index in [2.05, 4.69) is 70.9 Å². The SMILES string of the molecule is c1ccc([C@H]2CN3C[C@H](c4ccccc4)NC3=N2)cc1. The normalized spacial score (nSPS) is 24.2. The number of hydrogen-bond acceptors (Lipinski definition) is 3. The van der Waals surface area contributed by atoms with Crippen LogP contribution < -0.4 is 5.32 Å². The van der Waals surface area contributed by atoms with E-state index in [1.807, 2.05) is 0 Å². The molecule has 2 aromatic rings. The smallest absolute Gasteiger partial charge is 0.195 e. The second-order valence-electron chi connectivity index (χ2n) is 5.39. The minimum atomic E-state index is 0.274. The zero-order valence-electron chi connectivity index (χ0n) is 11.2. The summed E-state index contributed by atoms with van der Waals surface area (Å²) in [5, 5.41) is 3.54. The molecular weight excluding hydrogens is 246 g/mol. The molecule has 20 heavy (non-hydrogen) atoms. The highest BCUT2D eigenvalue weighted by Crippen LogP contribution is 2.30. The van der Waals surface area contributed by atoms with Gasteiger partial charge in [-0.15, -0.1) is 0 Å². The fraction of sp³-hybridized carbons (Fsp3) is 0.235. The second kappa shape index (κ2) is 4.67. The van der Waals surface area contributed by atoms with Crippen LogP contribution in [0.4, 0.5) is 0 Å². The van der Waals surface area contributed by atoms with Crippen LogP contribution in [-0.2, 0) is 0 Å². The Morgan fingerprint density at radius 1 is 0.850 bits per heavy atom. The molecule has 2 aliphatic rings. The van der Waals surface area contributed by atoms with E-state index in [0.29, 0.717) is 6.04 Å². The van der Waals surface area contributed by atoms with Crippen LogP contribution in [0.5, 0.6) is 0 Å². The predicted molar refractivity (Wildman–Crippen MR) is 80.5 cm³/mol. The highest BCUT2D eigenvalue weighted by molar-refractivity contribution is 5.84. The maximum Gasteiger partial charge on any atom is 0.195 e. The Morgan fingerprint density at radius 3 is 2.15 bits per heavy atom. The lowest BCUT2D eigenvalue weighted by atomic mass is 10.1. The third-order valence-electron chi connectivity index (χ3n) is 4.06. The molecule has 1 N–H and O–H groups in total.